The lowest BCUT2D eigenvalue weighted by atomic mass is 9.71. The van der Waals surface area contributed by atoms with E-state index in [1.165, 1.54) is 0 Å². The highest BCUT2D eigenvalue weighted by molar-refractivity contribution is 6.01. The number of rotatable bonds is 6. The van der Waals surface area contributed by atoms with Gasteiger partial charge in [0.25, 0.3) is 18.3 Å². The van der Waals surface area contributed by atoms with Crippen LogP contribution in [0.2, 0.25) is 0 Å². The van der Waals surface area contributed by atoms with Gasteiger partial charge in [0.2, 0.25) is 11.8 Å². The summed E-state index contributed by atoms with van der Waals surface area (Å²) < 4.78 is 70.7. The number of fused-ring (bicyclic) bond motifs is 4. The zero-order valence-electron chi connectivity index (χ0n) is 19.9. The number of alkyl halides is 4. The lowest BCUT2D eigenvalue weighted by molar-refractivity contribution is -0.179. The summed E-state index contributed by atoms with van der Waals surface area (Å²) in [5, 5.41) is 14.5. The van der Waals surface area contributed by atoms with E-state index in [4.69, 9.17) is 0 Å². The van der Waals surface area contributed by atoms with Crippen LogP contribution in [0.15, 0.2) is 18.2 Å². The van der Waals surface area contributed by atoms with Crippen LogP contribution >= 0.6 is 0 Å². The molecule has 5 atom stereocenters. The van der Waals surface area contributed by atoms with Crippen molar-refractivity contribution in [2.45, 2.75) is 62.6 Å². The highest BCUT2D eigenvalue weighted by atomic mass is 19.3. The van der Waals surface area contributed by atoms with E-state index in [0.717, 1.165) is 17.0 Å². The van der Waals surface area contributed by atoms with Crippen molar-refractivity contribution in [3.8, 4) is 6.07 Å². The fourth-order valence-corrected chi connectivity index (χ4v) is 6.02. The molecule has 0 unspecified atom stereocenters. The van der Waals surface area contributed by atoms with E-state index < -0.39 is 71.9 Å². The van der Waals surface area contributed by atoms with Gasteiger partial charge in [0.1, 0.15) is 23.6 Å². The van der Waals surface area contributed by atoms with Crippen molar-refractivity contribution >= 4 is 28.6 Å². The molecule has 1 aromatic carbocycles. The molecule has 4 heterocycles. The number of nitrogens with one attached hydrogen (secondary N) is 3. The van der Waals surface area contributed by atoms with Gasteiger partial charge in [-0.1, -0.05) is 0 Å². The van der Waals surface area contributed by atoms with Crippen molar-refractivity contribution in [2.75, 3.05) is 6.54 Å². The van der Waals surface area contributed by atoms with Crippen LogP contribution in [0.25, 0.3) is 10.9 Å². The number of hydrogen-bond acceptors (Lipinski definition) is 4. The molecule has 3 N–H and O–H groups in total. The summed E-state index contributed by atoms with van der Waals surface area (Å²) in [7, 11) is 0. The Labute approximate surface area is 213 Å². The third kappa shape index (κ3) is 4.46. The monoisotopic (exact) mass is 537 g/mol. The van der Waals surface area contributed by atoms with Gasteiger partial charge in [-0.25, -0.2) is 22.0 Å². The summed E-state index contributed by atoms with van der Waals surface area (Å²) in [6, 6.07) is 0.789. The molecular weight excluding hydrogens is 513 g/mol. The second-order valence-electron chi connectivity index (χ2n) is 10.1. The van der Waals surface area contributed by atoms with E-state index in [1.54, 1.807) is 0 Å². The second-order valence-corrected chi connectivity index (χ2v) is 10.1. The fourth-order valence-electron chi connectivity index (χ4n) is 6.02. The Balaban J connectivity index is 1.46. The van der Waals surface area contributed by atoms with Gasteiger partial charge >= 0.3 is 0 Å². The summed E-state index contributed by atoms with van der Waals surface area (Å²) in [6.07, 6.45) is -3.07. The first-order valence-electron chi connectivity index (χ1n) is 12.3. The Morgan fingerprint density at radius 3 is 2.61 bits per heavy atom. The summed E-state index contributed by atoms with van der Waals surface area (Å²) in [5.74, 6) is -8.31. The van der Waals surface area contributed by atoms with Crippen LogP contribution in [0, 0.1) is 29.0 Å². The quantitative estimate of drug-likeness (QED) is 0.490. The average Bonchev–Trinajstić information content (AvgIpc) is 3.47. The van der Waals surface area contributed by atoms with Gasteiger partial charge in [0, 0.05) is 41.4 Å². The summed E-state index contributed by atoms with van der Waals surface area (Å²) in [6.45, 7) is 0.429. The Kier molecular flexibility index (Phi) is 6.53. The van der Waals surface area contributed by atoms with Crippen molar-refractivity contribution in [1.29, 1.82) is 5.26 Å². The molecule has 6 rings (SSSR count). The van der Waals surface area contributed by atoms with E-state index in [2.05, 4.69) is 15.6 Å². The Hall–Kier alpha value is -3.69. The number of carbonyl (C=O) groups is 3. The molecule has 3 aliphatic heterocycles. The third-order valence-corrected chi connectivity index (χ3v) is 7.79. The molecule has 0 spiro atoms. The molecule has 1 aliphatic carbocycles. The summed E-state index contributed by atoms with van der Waals surface area (Å²) >= 11 is 0. The molecular formula is C25H24F5N5O3. The first-order valence-corrected chi connectivity index (χ1v) is 12.3. The van der Waals surface area contributed by atoms with E-state index in [0.29, 0.717) is 19.0 Å². The molecule has 4 aliphatic rings. The van der Waals surface area contributed by atoms with Gasteiger partial charge < -0.3 is 20.5 Å². The molecule has 2 bridgehead atoms. The number of piperidine rings is 2. The minimum Gasteiger partial charge on any atom is -0.356 e. The van der Waals surface area contributed by atoms with Gasteiger partial charge in [-0.2, -0.15) is 5.26 Å². The first-order chi connectivity index (χ1) is 18.0. The zero-order valence-corrected chi connectivity index (χ0v) is 19.9. The number of aromatic amines is 1. The van der Waals surface area contributed by atoms with Crippen LogP contribution in [-0.2, 0) is 9.59 Å². The first kappa shape index (κ1) is 25.9. The van der Waals surface area contributed by atoms with Crippen molar-refractivity contribution in [3.63, 3.8) is 0 Å². The van der Waals surface area contributed by atoms with Crippen molar-refractivity contribution in [3.05, 3.63) is 35.3 Å². The zero-order chi connectivity index (χ0) is 27.4. The van der Waals surface area contributed by atoms with Crippen LogP contribution in [0.3, 0.4) is 0 Å². The Morgan fingerprint density at radius 1 is 1.21 bits per heavy atom. The molecule has 3 amide bonds. The van der Waals surface area contributed by atoms with Gasteiger partial charge in [-0.3, -0.25) is 14.4 Å². The average molecular weight is 537 g/mol. The fraction of sp³-hybridized carbons (Fsp3) is 0.520. The predicted octanol–water partition coefficient (Wildman–Crippen LogP) is 3.41. The summed E-state index contributed by atoms with van der Waals surface area (Å²) in [4.78, 5) is 42.5. The largest absolute Gasteiger partial charge is 0.356 e. The molecule has 4 fully saturated rings. The number of carbonyl (C=O) groups excluding carboxylic acids is 3. The molecule has 1 aromatic heterocycles. The highest BCUT2D eigenvalue weighted by Crippen LogP contribution is 2.49. The van der Waals surface area contributed by atoms with E-state index in [-0.39, 0.29) is 41.8 Å². The molecule has 202 valence electrons. The Bertz CT molecular complexity index is 1340. The van der Waals surface area contributed by atoms with Crippen LogP contribution in [0.5, 0.6) is 0 Å². The smallest absolute Gasteiger partial charge is 0.271 e. The lowest BCUT2D eigenvalue weighted by Gasteiger charge is -2.53. The van der Waals surface area contributed by atoms with Crippen molar-refractivity contribution in [1.82, 2.24) is 20.5 Å². The molecule has 38 heavy (non-hydrogen) atoms. The number of nitrogens with zero attached hydrogens (tertiary/aromatic N) is 2. The molecule has 13 heteroatoms. The predicted molar refractivity (Wildman–Crippen MR) is 123 cm³/mol. The number of aromatic nitrogens is 1. The third-order valence-electron chi connectivity index (χ3n) is 7.79. The van der Waals surface area contributed by atoms with Gasteiger partial charge in [-0.05, 0) is 43.9 Å². The van der Waals surface area contributed by atoms with E-state index >= 15 is 0 Å². The van der Waals surface area contributed by atoms with E-state index in [9.17, 15) is 41.6 Å². The molecule has 3 saturated heterocycles. The number of hydrogen-bond donors (Lipinski definition) is 3. The maximum atomic E-state index is 14.9. The van der Waals surface area contributed by atoms with Gasteiger partial charge in [-0.15, -0.1) is 0 Å². The standard InChI is InChI=1S/C25H24F5N5O3/c26-12-6-16(21(27)28)15-8-19(34-18(15)7-12)24(38)35-14-1-2-17(25(29,30)9-14)20(35)23(37)33-13(10-31)5-11-3-4-32-22(11)36/h6-8,11,13-14,17,20-21,34H,1-5,9H2,(H,32,36)(H,33,37)/t11-,13-,14+,17+,20-/m0/s1. The highest BCUT2D eigenvalue weighted by Gasteiger charge is 2.60. The van der Waals surface area contributed by atoms with Gasteiger partial charge in [0.05, 0.1) is 12.0 Å². The minimum absolute atomic E-state index is 0.0107. The maximum absolute atomic E-state index is 14.9. The lowest BCUT2D eigenvalue weighted by Crippen LogP contribution is -2.68. The number of amides is 3. The number of nitriles is 1. The summed E-state index contributed by atoms with van der Waals surface area (Å²) in [5.41, 5.74) is -0.957. The molecule has 2 aromatic rings. The van der Waals surface area contributed by atoms with Crippen molar-refractivity contribution in [2.24, 2.45) is 11.8 Å². The topological polar surface area (TPSA) is 118 Å². The second kappa shape index (κ2) is 9.56. The minimum atomic E-state index is -3.25. The van der Waals surface area contributed by atoms with Gasteiger partial charge in [0.15, 0.2) is 0 Å². The van der Waals surface area contributed by atoms with Crippen molar-refractivity contribution < 1.29 is 36.3 Å². The molecule has 1 saturated carbocycles. The molecule has 8 nitrogen and oxygen atoms in total. The number of H-pyrrole nitrogens is 1. The Morgan fingerprint density at radius 2 is 1.97 bits per heavy atom. The molecule has 0 radical (unpaired) electrons. The van der Waals surface area contributed by atoms with Crippen LogP contribution < -0.4 is 10.6 Å². The van der Waals surface area contributed by atoms with E-state index in [1.807, 2.05) is 6.07 Å². The maximum Gasteiger partial charge on any atom is 0.271 e. The number of halogens is 5. The normalized spacial score (nSPS) is 26.9. The van der Waals surface area contributed by atoms with Crippen LogP contribution in [0.4, 0.5) is 22.0 Å². The van der Waals surface area contributed by atoms with Crippen LogP contribution in [-0.4, -0.2) is 58.2 Å². The SMILES string of the molecule is N#C[C@H](C[C@@H]1CCNC1=O)NC(=O)[C@@H]1[C@H]2CC[C@H](CC2(F)F)N1C(=O)c1cc2c(C(F)F)cc(F)cc2[nH]1. The van der Waals surface area contributed by atoms with Crippen LogP contribution in [0.1, 0.15) is 54.6 Å². The number of benzene rings is 1.